The van der Waals surface area contributed by atoms with E-state index in [4.69, 9.17) is 4.74 Å². The van der Waals surface area contributed by atoms with Crippen molar-refractivity contribution in [3.8, 4) is 0 Å². The summed E-state index contributed by atoms with van der Waals surface area (Å²) in [4.78, 5) is 11.2. The van der Waals surface area contributed by atoms with Gasteiger partial charge in [-0.2, -0.15) is 0 Å². The summed E-state index contributed by atoms with van der Waals surface area (Å²) in [6, 6.07) is 15.7. The first kappa shape index (κ1) is 38.3. The number of sulfone groups is 2. The van der Waals surface area contributed by atoms with Crippen molar-refractivity contribution in [1.82, 2.24) is 0 Å². The molecule has 0 N–H and O–H groups in total. The maximum absolute atomic E-state index is 14.5. The van der Waals surface area contributed by atoms with Crippen molar-refractivity contribution in [3.63, 3.8) is 0 Å². The van der Waals surface area contributed by atoms with E-state index in [0.29, 0.717) is 0 Å². The Morgan fingerprint density at radius 3 is 1.48 bits per heavy atom. The fraction of sp³-hybridized carbons (Fsp3) is 0.514. The zero-order valence-corrected chi connectivity index (χ0v) is 31.5. The molecule has 9 heteroatoms. The summed E-state index contributed by atoms with van der Waals surface area (Å²) < 4.78 is 65.9. The molecule has 0 unspecified atom stereocenters. The Hall–Kier alpha value is -1.91. The topological polar surface area (TPSA) is 94.6 Å². The molecular weight excluding hydrogens is 699 g/mol. The van der Waals surface area contributed by atoms with Crippen LogP contribution in [0.4, 0.5) is 0 Å². The van der Waals surface area contributed by atoms with Crippen LogP contribution in [0.25, 0.3) is 0 Å². The molecule has 0 aliphatic carbocycles. The quantitative estimate of drug-likeness (QED) is 0.0719. The summed E-state index contributed by atoms with van der Waals surface area (Å²) in [6.07, 6.45) is 13.7. The van der Waals surface area contributed by atoms with E-state index in [-0.39, 0.29) is 29.2 Å². The Kier molecular flexibility index (Phi) is 16.5. The number of unbranched alkanes of at least 4 members (excludes halogenated alkanes) is 3. The molecule has 0 aromatic heterocycles. The van der Waals surface area contributed by atoms with Crippen LogP contribution >= 0.6 is 0 Å². The van der Waals surface area contributed by atoms with Crippen LogP contribution in [-0.2, 0) is 29.2 Å². The minimum absolute atomic E-state index is 0.0383. The van der Waals surface area contributed by atoms with Gasteiger partial charge in [0.2, 0.25) is 0 Å². The number of allylic oxidation sites excluding steroid dienone is 3. The van der Waals surface area contributed by atoms with E-state index in [9.17, 15) is 21.6 Å². The van der Waals surface area contributed by atoms with Gasteiger partial charge in [-0.15, -0.1) is 0 Å². The van der Waals surface area contributed by atoms with Gasteiger partial charge in [0.25, 0.3) is 0 Å². The molecule has 0 fully saturated rings. The summed E-state index contributed by atoms with van der Waals surface area (Å²) in [5, 5.41) is 0. The van der Waals surface area contributed by atoms with Crippen molar-refractivity contribution in [3.05, 3.63) is 85.0 Å². The Morgan fingerprint density at radius 2 is 1.09 bits per heavy atom. The summed E-state index contributed by atoms with van der Waals surface area (Å²) in [7, 11) is -8.82. The van der Waals surface area contributed by atoms with Crippen molar-refractivity contribution in [2.75, 3.05) is 6.61 Å². The SMILES string of the molecule is CCC[CH2][Sn]([CH2]/C=C\CC(C/C=C\COC(C)=O)(S(=O)(=O)c1ccccc1)S(=O)(=O)c1ccccc1)([CH2]CCC)[CH2]CCC. The average Bonchev–Trinajstić information content (AvgIpc) is 3.02. The third-order valence-electron chi connectivity index (χ3n) is 8.39. The number of carbonyl (C=O) groups is 1. The molecule has 0 heterocycles. The van der Waals surface area contributed by atoms with E-state index >= 15 is 0 Å². The van der Waals surface area contributed by atoms with Crippen molar-refractivity contribution < 1.29 is 26.4 Å². The molecule has 0 spiro atoms. The van der Waals surface area contributed by atoms with Gasteiger partial charge in [-0.05, 0) is 0 Å². The van der Waals surface area contributed by atoms with Crippen molar-refractivity contribution in [2.24, 2.45) is 0 Å². The summed E-state index contributed by atoms with van der Waals surface area (Å²) in [5.74, 6) is -0.471. The number of hydrogen-bond donors (Lipinski definition) is 0. The molecule has 0 aliphatic heterocycles. The molecule has 0 saturated heterocycles. The monoisotopic (exact) mass is 752 g/mol. The van der Waals surface area contributed by atoms with Crippen LogP contribution in [0, 0.1) is 0 Å². The molecule has 0 atom stereocenters. The van der Waals surface area contributed by atoms with Gasteiger partial charge in [-0.25, -0.2) is 0 Å². The van der Waals surface area contributed by atoms with E-state index in [1.807, 2.05) is 6.08 Å². The third-order valence-corrected chi connectivity index (χ3v) is 29.4. The second-order valence-electron chi connectivity index (χ2n) is 11.7. The Labute approximate surface area is 271 Å². The van der Waals surface area contributed by atoms with Gasteiger partial charge in [-0.1, -0.05) is 0 Å². The number of rotatable bonds is 21. The minimum atomic E-state index is -4.41. The zero-order chi connectivity index (χ0) is 32.5. The number of hydrogen-bond acceptors (Lipinski definition) is 6. The van der Waals surface area contributed by atoms with Crippen LogP contribution in [0.2, 0.25) is 17.7 Å². The van der Waals surface area contributed by atoms with Gasteiger partial charge in [0.15, 0.2) is 0 Å². The second kappa shape index (κ2) is 18.9. The molecule has 2 aromatic rings. The molecule has 0 amide bonds. The molecule has 0 bridgehead atoms. The van der Waals surface area contributed by atoms with Crippen molar-refractivity contribution in [1.29, 1.82) is 0 Å². The molecule has 0 saturated carbocycles. The van der Waals surface area contributed by atoms with Crippen LogP contribution in [0.3, 0.4) is 0 Å². The zero-order valence-electron chi connectivity index (χ0n) is 27.0. The normalized spacial score (nSPS) is 13.1. The fourth-order valence-electron chi connectivity index (χ4n) is 5.72. The predicted molar refractivity (Wildman–Crippen MR) is 184 cm³/mol. The number of benzene rings is 2. The van der Waals surface area contributed by atoms with Gasteiger partial charge in [-0.3, -0.25) is 0 Å². The van der Waals surface area contributed by atoms with Crippen molar-refractivity contribution >= 4 is 44.0 Å². The van der Waals surface area contributed by atoms with Gasteiger partial charge < -0.3 is 0 Å². The van der Waals surface area contributed by atoms with Crippen LogP contribution in [0.5, 0.6) is 0 Å². The average molecular weight is 752 g/mol. The van der Waals surface area contributed by atoms with E-state index in [2.05, 4.69) is 26.8 Å². The molecule has 6 nitrogen and oxygen atoms in total. The fourth-order valence-corrected chi connectivity index (χ4v) is 25.8. The molecule has 2 aromatic carbocycles. The number of carbonyl (C=O) groups excluding carboxylic acids is 1. The van der Waals surface area contributed by atoms with Gasteiger partial charge in [0.05, 0.1) is 0 Å². The Morgan fingerprint density at radius 1 is 0.682 bits per heavy atom. The van der Waals surface area contributed by atoms with Gasteiger partial charge in [0, 0.05) is 0 Å². The molecule has 44 heavy (non-hydrogen) atoms. The van der Waals surface area contributed by atoms with E-state index in [0.717, 1.165) is 23.7 Å². The maximum atomic E-state index is 14.5. The molecule has 2 rings (SSSR count). The van der Waals surface area contributed by atoms with Crippen molar-refractivity contribution in [2.45, 2.75) is 111 Å². The van der Waals surface area contributed by atoms with Crippen LogP contribution < -0.4 is 0 Å². The molecule has 244 valence electrons. The van der Waals surface area contributed by atoms with Crippen LogP contribution in [0.15, 0.2) is 94.8 Å². The standard InChI is InChI=1S/C23H25O6S2.3C4H9.Sn/c1-3-4-17-23(18-11-12-19-29-20(2)24,30(25,26)21-13-7-5-8-14-21)31(27,28)22-15-9-6-10-16-22;3*1-3-4-2;/h3-16H,1,17-19H2,2H3;3*1,3-4H2,2H3;/b4-3-,12-11-;;;;. The van der Waals surface area contributed by atoms with E-state index < -0.39 is 48.1 Å². The number of ether oxygens (including phenoxy) is 1. The van der Waals surface area contributed by atoms with Crippen LogP contribution in [0.1, 0.15) is 79.1 Å². The summed E-state index contributed by atoms with van der Waals surface area (Å²) in [6.45, 7) is 7.92. The summed E-state index contributed by atoms with van der Waals surface area (Å²) in [5.41, 5.74) is 0. The van der Waals surface area contributed by atoms with Gasteiger partial charge >= 0.3 is 273 Å². The van der Waals surface area contributed by atoms with Gasteiger partial charge in [0.1, 0.15) is 0 Å². The first-order valence-electron chi connectivity index (χ1n) is 16.0. The Bertz CT molecular complexity index is 1310. The second-order valence-corrected chi connectivity index (χ2v) is 30.5. The molecular formula is C35H52O6S2Sn. The molecule has 0 radical (unpaired) electrons. The predicted octanol–water partition coefficient (Wildman–Crippen LogP) is 8.94. The van der Waals surface area contributed by atoms with E-state index in [1.54, 1.807) is 36.4 Å². The summed E-state index contributed by atoms with van der Waals surface area (Å²) >= 11 is -2.58. The Balaban J connectivity index is 2.68. The first-order chi connectivity index (χ1) is 21.0. The van der Waals surface area contributed by atoms with Crippen LogP contribution in [-0.4, -0.2) is 51.9 Å². The number of esters is 1. The van der Waals surface area contributed by atoms with E-state index in [1.165, 1.54) is 75.9 Å². The first-order valence-corrected chi connectivity index (χ1v) is 27.1. The third kappa shape index (κ3) is 10.3. The molecule has 0 aliphatic rings.